The Balaban J connectivity index is 1.90. The molecule has 1 fully saturated rings. The fraction of sp³-hybridized carbons (Fsp3) is 0.562. The standard InChI is InChI=1S/C16H22Cl2N2O/c1-11(10-19)16(21)20-6-4-12(5-7-20)8-13-9-14(17)2-3-15(13)18/h2-3,9,11-12H,4-8,10,19H2,1H3. The summed E-state index contributed by atoms with van der Waals surface area (Å²) in [4.78, 5) is 14.0. The molecule has 1 saturated heterocycles. The highest BCUT2D eigenvalue weighted by molar-refractivity contribution is 6.33. The van der Waals surface area contributed by atoms with Gasteiger partial charge in [0.15, 0.2) is 0 Å². The number of carbonyl (C=O) groups is 1. The van der Waals surface area contributed by atoms with Crippen molar-refractivity contribution in [2.24, 2.45) is 17.6 Å². The van der Waals surface area contributed by atoms with E-state index in [0.29, 0.717) is 12.5 Å². The van der Waals surface area contributed by atoms with Crippen LogP contribution >= 0.6 is 23.2 Å². The highest BCUT2D eigenvalue weighted by atomic mass is 35.5. The Morgan fingerprint density at radius 2 is 2.05 bits per heavy atom. The summed E-state index contributed by atoms with van der Waals surface area (Å²) in [7, 11) is 0. The van der Waals surface area contributed by atoms with E-state index in [2.05, 4.69) is 0 Å². The van der Waals surface area contributed by atoms with E-state index in [1.165, 1.54) is 0 Å². The largest absolute Gasteiger partial charge is 0.342 e. The summed E-state index contributed by atoms with van der Waals surface area (Å²) < 4.78 is 0. The Morgan fingerprint density at radius 3 is 2.67 bits per heavy atom. The molecule has 1 amide bonds. The lowest BCUT2D eigenvalue weighted by Gasteiger charge is -2.33. The normalized spacial score (nSPS) is 17.8. The number of likely N-dealkylation sites (tertiary alicyclic amines) is 1. The molecule has 21 heavy (non-hydrogen) atoms. The van der Waals surface area contributed by atoms with Crippen LogP contribution in [0.5, 0.6) is 0 Å². The van der Waals surface area contributed by atoms with E-state index in [-0.39, 0.29) is 11.8 Å². The van der Waals surface area contributed by atoms with Crippen LogP contribution in [0, 0.1) is 11.8 Å². The number of benzene rings is 1. The quantitative estimate of drug-likeness (QED) is 0.921. The minimum atomic E-state index is -0.0797. The van der Waals surface area contributed by atoms with Gasteiger partial charge in [0.2, 0.25) is 5.91 Å². The highest BCUT2D eigenvalue weighted by Gasteiger charge is 2.25. The number of hydrogen-bond donors (Lipinski definition) is 1. The molecule has 1 atom stereocenters. The van der Waals surface area contributed by atoms with E-state index >= 15 is 0 Å². The van der Waals surface area contributed by atoms with Gasteiger partial charge in [0.25, 0.3) is 0 Å². The third-order valence-electron chi connectivity index (χ3n) is 4.22. The molecule has 0 radical (unpaired) electrons. The van der Waals surface area contributed by atoms with E-state index < -0.39 is 0 Å². The second-order valence-corrected chi connectivity index (χ2v) is 6.69. The Kier molecular flexibility index (Phi) is 5.91. The predicted molar refractivity (Wildman–Crippen MR) is 87.7 cm³/mol. The van der Waals surface area contributed by atoms with E-state index in [1.54, 1.807) is 0 Å². The number of nitrogens with zero attached hydrogens (tertiary/aromatic N) is 1. The lowest BCUT2D eigenvalue weighted by molar-refractivity contribution is -0.136. The van der Waals surface area contributed by atoms with E-state index in [0.717, 1.165) is 48.0 Å². The smallest absolute Gasteiger partial charge is 0.226 e. The number of hydrogen-bond acceptors (Lipinski definition) is 2. The van der Waals surface area contributed by atoms with Gasteiger partial charge in [-0.2, -0.15) is 0 Å². The predicted octanol–water partition coefficient (Wildman–Crippen LogP) is 3.37. The third-order valence-corrected chi connectivity index (χ3v) is 4.82. The second-order valence-electron chi connectivity index (χ2n) is 5.85. The molecule has 0 aliphatic carbocycles. The van der Waals surface area contributed by atoms with Crippen molar-refractivity contribution in [1.29, 1.82) is 0 Å². The first kappa shape index (κ1) is 16.6. The monoisotopic (exact) mass is 328 g/mol. The van der Waals surface area contributed by atoms with Crippen LogP contribution < -0.4 is 5.73 Å². The van der Waals surface area contributed by atoms with Gasteiger partial charge in [-0.15, -0.1) is 0 Å². The first-order valence-electron chi connectivity index (χ1n) is 7.44. The Bertz CT molecular complexity index is 499. The fourth-order valence-electron chi connectivity index (χ4n) is 2.78. The van der Waals surface area contributed by atoms with Crippen LogP contribution in [-0.2, 0) is 11.2 Å². The van der Waals surface area contributed by atoms with Gasteiger partial charge in [-0.3, -0.25) is 4.79 Å². The van der Waals surface area contributed by atoms with Crippen LogP contribution in [0.4, 0.5) is 0 Å². The molecule has 1 unspecified atom stereocenters. The van der Waals surface area contributed by atoms with Gasteiger partial charge in [-0.25, -0.2) is 0 Å². The Labute approximate surface area is 136 Å². The van der Waals surface area contributed by atoms with Gasteiger partial charge >= 0.3 is 0 Å². The molecule has 1 heterocycles. The number of piperidine rings is 1. The first-order valence-corrected chi connectivity index (χ1v) is 8.19. The van der Waals surface area contributed by atoms with Crippen molar-refractivity contribution in [3.8, 4) is 0 Å². The molecule has 0 spiro atoms. The molecule has 116 valence electrons. The van der Waals surface area contributed by atoms with Crippen LogP contribution in [0.1, 0.15) is 25.3 Å². The van der Waals surface area contributed by atoms with Crippen LogP contribution in [0.15, 0.2) is 18.2 Å². The molecule has 0 aromatic heterocycles. The number of nitrogens with two attached hydrogens (primary N) is 1. The van der Waals surface area contributed by atoms with Crippen molar-refractivity contribution in [2.75, 3.05) is 19.6 Å². The van der Waals surface area contributed by atoms with E-state index in [1.807, 2.05) is 30.0 Å². The number of amides is 1. The number of rotatable bonds is 4. The molecule has 1 aliphatic rings. The summed E-state index contributed by atoms with van der Waals surface area (Å²) >= 11 is 12.2. The molecule has 0 saturated carbocycles. The maximum atomic E-state index is 12.1. The zero-order chi connectivity index (χ0) is 15.4. The molecule has 3 nitrogen and oxygen atoms in total. The summed E-state index contributed by atoms with van der Waals surface area (Å²) in [6, 6.07) is 5.60. The molecular weight excluding hydrogens is 307 g/mol. The minimum absolute atomic E-state index is 0.0797. The third kappa shape index (κ3) is 4.35. The second kappa shape index (κ2) is 7.48. The Hall–Kier alpha value is -0.770. The van der Waals surface area contributed by atoms with Crippen molar-refractivity contribution in [2.45, 2.75) is 26.2 Å². The van der Waals surface area contributed by atoms with Crippen LogP contribution in [0.2, 0.25) is 10.0 Å². The molecule has 2 N–H and O–H groups in total. The van der Waals surface area contributed by atoms with Gasteiger partial charge < -0.3 is 10.6 Å². The highest BCUT2D eigenvalue weighted by Crippen LogP contribution is 2.28. The lowest BCUT2D eigenvalue weighted by Crippen LogP contribution is -2.43. The van der Waals surface area contributed by atoms with Crippen molar-refractivity contribution in [3.05, 3.63) is 33.8 Å². The van der Waals surface area contributed by atoms with Crippen molar-refractivity contribution in [1.82, 2.24) is 4.90 Å². The fourth-order valence-corrected chi connectivity index (χ4v) is 3.17. The summed E-state index contributed by atoms with van der Waals surface area (Å²) in [5.41, 5.74) is 6.67. The zero-order valence-electron chi connectivity index (χ0n) is 12.3. The van der Waals surface area contributed by atoms with E-state index in [9.17, 15) is 4.79 Å². The molecule has 2 rings (SSSR count). The average Bonchev–Trinajstić information content (AvgIpc) is 2.50. The summed E-state index contributed by atoms with van der Waals surface area (Å²) in [5, 5.41) is 1.49. The number of carbonyl (C=O) groups excluding carboxylic acids is 1. The van der Waals surface area contributed by atoms with Crippen molar-refractivity contribution >= 4 is 29.1 Å². The summed E-state index contributed by atoms with van der Waals surface area (Å²) in [5.74, 6) is 0.652. The van der Waals surface area contributed by atoms with Gasteiger partial charge in [0.1, 0.15) is 0 Å². The van der Waals surface area contributed by atoms with Gasteiger partial charge in [-0.1, -0.05) is 30.1 Å². The summed E-state index contributed by atoms with van der Waals surface area (Å²) in [6.07, 6.45) is 2.94. The van der Waals surface area contributed by atoms with E-state index in [4.69, 9.17) is 28.9 Å². The molecule has 5 heteroatoms. The van der Waals surface area contributed by atoms with Gasteiger partial charge in [0.05, 0.1) is 0 Å². The van der Waals surface area contributed by atoms with Crippen LogP contribution in [0.3, 0.4) is 0 Å². The molecule has 1 aromatic rings. The van der Waals surface area contributed by atoms with Gasteiger partial charge in [0, 0.05) is 35.6 Å². The van der Waals surface area contributed by atoms with Gasteiger partial charge in [-0.05, 0) is 48.9 Å². The SMILES string of the molecule is CC(CN)C(=O)N1CCC(Cc2cc(Cl)ccc2Cl)CC1. The van der Waals surface area contributed by atoms with Crippen LogP contribution in [0.25, 0.3) is 0 Å². The maximum absolute atomic E-state index is 12.1. The lowest BCUT2D eigenvalue weighted by atomic mass is 9.89. The summed E-state index contributed by atoms with van der Waals surface area (Å²) in [6.45, 7) is 3.93. The number of halogens is 2. The minimum Gasteiger partial charge on any atom is -0.342 e. The average molecular weight is 329 g/mol. The van der Waals surface area contributed by atoms with Crippen molar-refractivity contribution < 1.29 is 4.79 Å². The molecular formula is C16H22Cl2N2O. The van der Waals surface area contributed by atoms with Crippen LogP contribution in [-0.4, -0.2) is 30.4 Å². The molecule has 0 bridgehead atoms. The van der Waals surface area contributed by atoms with Crippen molar-refractivity contribution in [3.63, 3.8) is 0 Å². The molecule has 1 aliphatic heterocycles. The topological polar surface area (TPSA) is 46.3 Å². The maximum Gasteiger partial charge on any atom is 0.226 e. The molecule has 1 aromatic carbocycles. The zero-order valence-corrected chi connectivity index (χ0v) is 13.8. The first-order chi connectivity index (χ1) is 10.0. The Morgan fingerprint density at radius 1 is 1.38 bits per heavy atom.